The number of hydrogen-bond acceptors (Lipinski definition) is 4. The van der Waals surface area contributed by atoms with E-state index in [2.05, 4.69) is 10.2 Å². The maximum absolute atomic E-state index is 13.3. The van der Waals surface area contributed by atoms with Gasteiger partial charge in [-0.2, -0.15) is 0 Å². The van der Waals surface area contributed by atoms with Crippen LogP contribution in [-0.4, -0.2) is 56.0 Å². The van der Waals surface area contributed by atoms with Crippen molar-refractivity contribution in [3.05, 3.63) is 59.9 Å². The summed E-state index contributed by atoms with van der Waals surface area (Å²) in [5, 5.41) is 2.91. The Morgan fingerprint density at radius 2 is 1.65 bits per heavy atom. The van der Waals surface area contributed by atoms with Crippen LogP contribution in [0.2, 0.25) is 0 Å². The van der Waals surface area contributed by atoms with Crippen molar-refractivity contribution in [1.29, 1.82) is 0 Å². The normalized spacial score (nSPS) is 15.4. The quantitative estimate of drug-likeness (QED) is 0.768. The van der Waals surface area contributed by atoms with Gasteiger partial charge in [-0.05, 0) is 60.9 Å². The highest BCUT2D eigenvalue weighted by atomic mass is 19.1. The predicted molar refractivity (Wildman–Crippen MR) is 119 cm³/mol. The Kier molecular flexibility index (Phi) is 7.50. The highest BCUT2D eigenvalue weighted by molar-refractivity contribution is 5.97. The van der Waals surface area contributed by atoms with Crippen LogP contribution in [0.25, 0.3) is 0 Å². The topological polar surface area (TPSA) is 61.9 Å². The summed E-state index contributed by atoms with van der Waals surface area (Å²) < 4.78 is 18.3. The van der Waals surface area contributed by atoms with Crippen molar-refractivity contribution in [2.24, 2.45) is 5.92 Å². The minimum atomic E-state index is -0.605. The molecule has 1 aliphatic rings. The van der Waals surface area contributed by atoms with E-state index in [1.807, 2.05) is 18.7 Å². The molecule has 1 N–H and O–H groups in total. The van der Waals surface area contributed by atoms with Crippen molar-refractivity contribution < 1.29 is 18.7 Å². The second-order valence-electron chi connectivity index (χ2n) is 8.07. The molecule has 0 aromatic heterocycles. The fraction of sp³-hybridized carbons (Fsp3) is 0.417. The molecule has 7 heteroatoms. The average molecular weight is 428 g/mol. The van der Waals surface area contributed by atoms with E-state index < -0.39 is 6.04 Å². The van der Waals surface area contributed by atoms with E-state index in [0.717, 1.165) is 18.7 Å². The number of nitrogens with zero attached hydrogens (tertiary/aromatic N) is 2. The van der Waals surface area contributed by atoms with Gasteiger partial charge in [0.2, 0.25) is 5.91 Å². The summed E-state index contributed by atoms with van der Waals surface area (Å²) in [7, 11) is 1.57. The molecule has 0 saturated carbocycles. The first kappa shape index (κ1) is 22.6. The number of amides is 2. The molecule has 0 spiro atoms. The van der Waals surface area contributed by atoms with Crippen LogP contribution in [0.3, 0.4) is 0 Å². The molecule has 2 aromatic rings. The SMILES string of the molecule is COc1ccc(C(=O)NC(C(=O)N2CCCN(c3ccc(F)cc3)CC2)C(C)C)cc1. The zero-order chi connectivity index (χ0) is 22.4. The van der Waals surface area contributed by atoms with Crippen molar-refractivity contribution in [2.75, 3.05) is 38.2 Å². The van der Waals surface area contributed by atoms with Crippen molar-refractivity contribution in [2.45, 2.75) is 26.3 Å². The largest absolute Gasteiger partial charge is 0.497 e. The van der Waals surface area contributed by atoms with Crippen LogP contribution in [0, 0.1) is 11.7 Å². The van der Waals surface area contributed by atoms with E-state index in [1.54, 1.807) is 43.5 Å². The maximum atomic E-state index is 13.3. The Morgan fingerprint density at radius 3 is 2.26 bits per heavy atom. The summed E-state index contributed by atoms with van der Waals surface area (Å²) >= 11 is 0. The van der Waals surface area contributed by atoms with Gasteiger partial charge in [0.05, 0.1) is 7.11 Å². The van der Waals surface area contributed by atoms with E-state index in [1.165, 1.54) is 12.1 Å². The number of carbonyl (C=O) groups excluding carboxylic acids is 2. The lowest BCUT2D eigenvalue weighted by Gasteiger charge is -2.29. The third-order valence-corrected chi connectivity index (χ3v) is 5.57. The van der Waals surface area contributed by atoms with Gasteiger partial charge in [-0.1, -0.05) is 13.8 Å². The fourth-order valence-corrected chi connectivity index (χ4v) is 3.73. The molecular weight excluding hydrogens is 397 g/mol. The number of anilines is 1. The lowest BCUT2D eigenvalue weighted by atomic mass is 10.0. The van der Waals surface area contributed by atoms with Gasteiger partial charge in [0.15, 0.2) is 0 Å². The van der Waals surface area contributed by atoms with E-state index in [9.17, 15) is 14.0 Å². The van der Waals surface area contributed by atoms with E-state index in [-0.39, 0.29) is 23.5 Å². The smallest absolute Gasteiger partial charge is 0.251 e. The van der Waals surface area contributed by atoms with Gasteiger partial charge in [-0.3, -0.25) is 9.59 Å². The van der Waals surface area contributed by atoms with Crippen LogP contribution < -0.4 is 15.0 Å². The molecule has 166 valence electrons. The van der Waals surface area contributed by atoms with Gasteiger partial charge in [0.25, 0.3) is 5.91 Å². The Balaban J connectivity index is 1.65. The Labute approximate surface area is 183 Å². The first-order valence-corrected chi connectivity index (χ1v) is 10.6. The molecule has 2 aromatic carbocycles. The number of rotatable bonds is 6. The summed E-state index contributed by atoms with van der Waals surface area (Å²) in [5.74, 6) is 0.00694. The van der Waals surface area contributed by atoms with Crippen LogP contribution in [-0.2, 0) is 4.79 Å². The molecule has 2 amide bonds. The van der Waals surface area contributed by atoms with E-state index in [0.29, 0.717) is 30.9 Å². The number of methoxy groups -OCH3 is 1. The zero-order valence-electron chi connectivity index (χ0n) is 18.3. The van der Waals surface area contributed by atoms with Crippen molar-refractivity contribution in [3.8, 4) is 5.75 Å². The van der Waals surface area contributed by atoms with Crippen molar-refractivity contribution in [3.63, 3.8) is 0 Å². The number of ether oxygens (including phenoxy) is 1. The molecule has 6 nitrogen and oxygen atoms in total. The number of carbonyl (C=O) groups is 2. The molecule has 1 saturated heterocycles. The van der Waals surface area contributed by atoms with Crippen molar-refractivity contribution in [1.82, 2.24) is 10.2 Å². The third-order valence-electron chi connectivity index (χ3n) is 5.57. The monoisotopic (exact) mass is 427 g/mol. The minimum Gasteiger partial charge on any atom is -0.497 e. The molecular formula is C24H30FN3O3. The second kappa shape index (κ2) is 10.3. The molecule has 1 heterocycles. The average Bonchev–Trinajstić information content (AvgIpc) is 3.03. The van der Waals surface area contributed by atoms with Gasteiger partial charge >= 0.3 is 0 Å². The van der Waals surface area contributed by atoms with Crippen LogP contribution in [0.4, 0.5) is 10.1 Å². The van der Waals surface area contributed by atoms with Crippen LogP contribution >= 0.6 is 0 Å². The van der Waals surface area contributed by atoms with Crippen molar-refractivity contribution >= 4 is 17.5 Å². The third kappa shape index (κ3) is 5.75. The Hall–Kier alpha value is -3.09. The van der Waals surface area contributed by atoms with Crippen LogP contribution in [0.1, 0.15) is 30.6 Å². The van der Waals surface area contributed by atoms with Gasteiger partial charge in [0, 0.05) is 37.4 Å². The van der Waals surface area contributed by atoms with Gasteiger partial charge < -0.3 is 19.9 Å². The molecule has 0 radical (unpaired) electrons. The summed E-state index contributed by atoms with van der Waals surface area (Å²) in [6.45, 7) is 6.49. The molecule has 3 rings (SSSR count). The van der Waals surface area contributed by atoms with Crippen LogP contribution in [0.15, 0.2) is 48.5 Å². The Bertz CT molecular complexity index is 884. The number of hydrogen-bond donors (Lipinski definition) is 1. The molecule has 0 aliphatic carbocycles. The second-order valence-corrected chi connectivity index (χ2v) is 8.07. The summed E-state index contributed by atoms with van der Waals surface area (Å²) in [5.41, 5.74) is 1.43. The van der Waals surface area contributed by atoms with Gasteiger partial charge in [-0.15, -0.1) is 0 Å². The number of halogens is 1. The predicted octanol–water partition coefficient (Wildman–Crippen LogP) is 3.33. The Morgan fingerprint density at radius 1 is 0.968 bits per heavy atom. The molecule has 1 fully saturated rings. The van der Waals surface area contributed by atoms with Crippen LogP contribution in [0.5, 0.6) is 5.75 Å². The first-order chi connectivity index (χ1) is 14.9. The molecule has 1 atom stereocenters. The standard InChI is InChI=1S/C24H30FN3O3/c1-17(2)22(26-23(29)18-5-11-21(31-3)12-6-18)24(30)28-14-4-13-27(15-16-28)20-9-7-19(25)8-10-20/h5-12,17,22H,4,13-16H2,1-3H3,(H,26,29). The van der Waals surface area contributed by atoms with Gasteiger partial charge in [0.1, 0.15) is 17.6 Å². The molecule has 0 bridgehead atoms. The summed E-state index contributed by atoms with van der Waals surface area (Å²) in [4.78, 5) is 30.0. The number of benzene rings is 2. The van der Waals surface area contributed by atoms with E-state index >= 15 is 0 Å². The fourth-order valence-electron chi connectivity index (χ4n) is 3.73. The number of nitrogens with one attached hydrogen (secondary N) is 1. The zero-order valence-corrected chi connectivity index (χ0v) is 18.3. The van der Waals surface area contributed by atoms with E-state index in [4.69, 9.17) is 4.74 Å². The highest BCUT2D eigenvalue weighted by Crippen LogP contribution is 2.18. The maximum Gasteiger partial charge on any atom is 0.251 e. The first-order valence-electron chi connectivity index (χ1n) is 10.6. The lowest BCUT2D eigenvalue weighted by Crippen LogP contribution is -2.52. The minimum absolute atomic E-state index is 0.0499. The molecule has 31 heavy (non-hydrogen) atoms. The summed E-state index contributed by atoms with van der Waals surface area (Å²) in [6, 6.07) is 12.6. The van der Waals surface area contributed by atoms with Gasteiger partial charge in [-0.25, -0.2) is 4.39 Å². The molecule has 1 aliphatic heterocycles. The lowest BCUT2D eigenvalue weighted by molar-refractivity contribution is -0.134. The molecule has 1 unspecified atom stereocenters. The summed E-state index contributed by atoms with van der Waals surface area (Å²) in [6.07, 6.45) is 0.806. The highest BCUT2D eigenvalue weighted by Gasteiger charge is 2.30.